The third-order valence-electron chi connectivity index (χ3n) is 12.6. The summed E-state index contributed by atoms with van der Waals surface area (Å²) in [5, 5.41) is 16.1. The summed E-state index contributed by atoms with van der Waals surface area (Å²) >= 11 is 6.26. The predicted molar refractivity (Wildman–Crippen MR) is 250 cm³/mol. The Labute approximate surface area is 380 Å². The summed E-state index contributed by atoms with van der Waals surface area (Å²) in [4.78, 5) is 51.6. The van der Waals surface area contributed by atoms with Gasteiger partial charge in [0, 0.05) is 69.3 Å². The van der Waals surface area contributed by atoms with E-state index in [0.717, 1.165) is 50.7 Å². The van der Waals surface area contributed by atoms with Crippen LogP contribution in [0.1, 0.15) is 49.0 Å². The Kier molecular flexibility index (Phi) is 12.0. The van der Waals surface area contributed by atoms with Crippen LogP contribution in [-0.2, 0) is 26.5 Å². The average Bonchev–Trinajstić information content (AvgIpc) is 3.85. The molecule has 5 heterocycles. The number of amides is 1. The summed E-state index contributed by atoms with van der Waals surface area (Å²) in [6.45, 7) is 9.75. The number of sulfonamides is 1. The number of anilines is 2. The fourth-order valence-corrected chi connectivity index (χ4v) is 10.2. The molecule has 2 fully saturated rings. The van der Waals surface area contributed by atoms with Crippen molar-refractivity contribution in [2.45, 2.75) is 44.1 Å². The number of halogens is 1. The number of hydrogen-bond donors (Lipinski definition) is 3. The second-order valence-electron chi connectivity index (χ2n) is 17.6. The molecule has 9 rings (SSSR count). The van der Waals surface area contributed by atoms with Gasteiger partial charge in [0.15, 0.2) is 5.65 Å². The van der Waals surface area contributed by atoms with Crippen molar-refractivity contribution in [2.24, 2.45) is 12.5 Å². The molecule has 6 aromatic rings. The van der Waals surface area contributed by atoms with E-state index in [-0.39, 0.29) is 46.2 Å². The number of nitrogens with one attached hydrogen (secondary N) is 3. The highest BCUT2D eigenvalue weighted by atomic mass is 35.5. The SMILES string of the molecule is Cn1c(=O)c2cc3[nH]ccc3nc2n1-c1cc(N2CCN(CC3=C(c4ccc(Cl)cc4)CC(C)(C)CC3)CC2)ccc1C(=O)NS(=O)(=O)c1ccc(NCC2COCCO2)c([N+](=O)[O-])c1. The fourth-order valence-electron chi connectivity index (χ4n) is 9.05. The van der Waals surface area contributed by atoms with Gasteiger partial charge in [-0.2, -0.15) is 0 Å². The maximum Gasteiger partial charge on any atom is 0.293 e. The van der Waals surface area contributed by atoms with Crippen LogP contribution in [0.4, 0.5) is 17.1 Å². The zero-order valence-electron chi connectivity index (χ0n) is 36.3. The summed E-state index contributed by atoms with van der Waals surface area (Å²) in [7, 11) is -3.10. The van der Waals surface area contributed by atoms with Crippen molar-refractivity contribution in [2.75, 3.05) is 69.3 Å². The molecule has 3 aromatic heterocycles. The molecule has 0 saturated carbocycles. The highest BCUT2D eigenvalue weighted by molar-refractivity contribution is 7.90. The summed E-state index contributed by atoms with van der Waals surface area (Å²) in [5.41, 5.74) is 5.88. The predicted octanol–water partition coefficient (Wildman–Crippen LogP) is 6.50. The largest absolute Gasteiger partial charge is 0.377 e. The molecule has 19 heteroatoms. The molecule has 1 amide bonds. The Morgan fingerprint density at radius 3 is 2.55 bits per heavy atom. The van der Waals surface area contributed by atoms with Crippen LogP contribution in [-0.4, -0.2) is 109 Å². The number of rotatable bonds is 12. The van der Waals surface area contributed by atoms with Crippen molar-refractivity contribution in [1.29, 1.82) is 0 Å². The molecule has 2 saturated heterocycles. The van der Waals surface area contributed by atoms with Gasteiger partial charge in [0.2, 0.25) is 0 Å². The van der Waals surface area contributed by atoms with Crippen molar-refractivity contribution in [1.82, 2.24) is 29.0 Å². The van der Waals surface area contributed by atoms with Crippen molar-refractivity contribution in [3.63, 3.8) is 0 Å². The first-order valence-electron chi connectivity index (χ1n) is 21.6. The van der Waals surface area contributed by atoms with Crippen LogP contribution >= 0.6 is 11.6 Å². The number of nitrogens with zero attached hydrogens (tertiary/aromatic N) is 6. The molecule has 3 aromatic carbocycles. The molecule has 3 N–H and O–H groups in total. The first-order valence-corrected chi connectivity index (χ1v) is 23.4. The molecular formula is C46H50ClN9O8S. The second kappa shape index (κ2) is 17.7. The zero-order chi connectivity index (χ0) is 45.6. The molecule has 17 nitrogen and oxygen atoms in total. The minimum absolute atomic E-state index is 0.0659. The number of piperazine rings is 1. The number of carbonyl (C=O) groups is 1. The molecule has 0 radical (unpaired) electrons. The lowest BCUT2D eigenvalue weighted by Gasteiger charge is -2.39. The zero-order valence-corrected chi connectivity index (χ0v) is 37.9. The van der Waals surface area contributed by atoms with Crippen LogP contribution in [0.15, 0.2) is 94.3 Å². The Hall–Kier alpha value is -6.05. The van der Waals surface area contributed by atoms with Crippen molar-refractivity contribution in [3.8, 4) is 5.69 Å². The van der Waals surface area contributed by atoms with E-state index in [1.807, 2.05) is 12.1 Å². The van der Waals surface area contributed by atoms with Crippen LogP contribution in [0, 0.1) is 15.5 Å². The number of nitro benzene ring substituents is 1. The molecule has 1 aliphatic carbocycles. The monoisotopic (exact) mass is 923 g/mol. The van der Waals surface area contributed by atoms with E-state index in [2.05, 4.69) is 50.8 Å². The number of nitro groups is 1. The van der Waals surface area contributed by atoms with Gasteiger partial charge in [0.05, 0.1) is 63.4 Å². The number of carbonyl (C=O) groups excluding carboxylic acids is 1. The maximum absolute atomic E-state index is 14.3. The van der Waals surface area contributed by atoms with E-state index < -0.39 is 31.4 Å². The number of ether oxygens (including phenoxy) is 2. The highest BCUT2D eigenvalue weighted by Gasteiger charge is 2.31. The van der Waals surface area contributed by atoms with Crippen LogP contribution in [0.25, 0.3) is 33.3 Å². The number of hydrogen-bond acceptors (Lipinski definition) is 12. The second-order valence-corrected chi connectivity index (χ2v) is 19.7. The Morgan fingerprint density at radius 2 is 1.82 bits per heavy atom. The van der Waals surface area contributed by atoms with E-state index in [9.17, 15) is 28.1 Å². The van der Waals surface area contributed by atoms with Gasteiger partial charge >= 0.3 is 0 Å². The molecule has 1 atom stereocenters. The van der Waals surface area contributed by atoms with E-state index in [4.69, 9.17) is 26.1 Å². The first kappa shape index (κ1) is 44.2. The maximum atomic E-state index is 14.3. The summed E-state index contributed by atoms with van der Waals surface area (Å²) in [5.74, 6) is -1.01. The van der Waals surface area contributed by atoms with Crippen molar-refractivity contribution in [3.05, 3.63) is 121 Å². The number of fused-ring (bicyclic) bond motifs is 2. The van der Waals surface area contributed by atoms with Gasteiger partial charge in [0.25, 0.3) is 27.2 Å². The van der Waals surface area contributed by atoms with Gasteiger partial charge in [-0.25, -0.2) is 27.5 Å². The normalized spacial score (nSPS) is 18.3. The lowest BCUT2D eigenvalue weighted by molar-refractivity contribution is -0.384. The van der Waals surface area contributed by atoms with Gasteiger partial charge in [0.1, 0.15) is 5.69 Å². The molecule has 65 heavy (non-hydrogen) atoms. The smallest absolute Gasteiger partial charge is 0.293 e. The quantitative estimate of drug-likeness (QED) is 0.0891. The summed E-state index contributed by atoms with van der Waals surface area (Å²) in [6.07, 6.45) is 4.50. The summed E-state index contributed by atoms with van der Waals surface area (Å²) in [6, 6.07) is 20.0. The van der Waals surface area contributed by atoms with Gasteiger partial charge < -0.3 is 24.7 Å². The minimum Gasteiger partial charge on any atom is -0.377 e. The average molecular weight is 924 g/mol. The molecule has 340 valence electrons. The number of aromatic amines is 1. The molecule has 3 aliphatic rings. The summed E-state index contributed by atoms with van der Waals surface area (Å²) < 4.78 is 43.8. The lowest BCUT2D eigenvalue weighted by Crippen LogP contribution is -2.47. The molecule has 1 unspecified atom stereocenters. The number of benzene rings is 3. The van der Waals surface area contributed by atoms with E-state index >= 15 is 0 Å². The lowest BCUT2D eigenvalue weighted by atomic mass is 9.72. The van der Waals surface area contributed by atoms with E-state index in [1.54, 1.807) is 37.5 Å². The van der Waals surface area contributed by atoms with Gasteiger partial charge in [-0.15, -0.1) is 0 Å². The van der Waals surface area contributed by atoms with E-state index in [1.165, 1.54) is 44.3 Å². The van der Waals surface area contributed by atoms with Crippen molar-refractivity contribution >= 4 is 72.2 Å². The molecule has 0 bridgehead atoms. The standard InChI is InChI=1S/C46H50ClN9O8S/c1-46(2)14-12-30(37(25-46)29-4-6-31(47)7-5-29)27-53-16-18-54(19-17-53)32-8-10-35(41(22-32)55-43-36(45(58)52(55)3)24-40-38(50-43)13-15-48-40)44(57)51-65(61,62)34-9-11-39(42(23-34)56(59)60)49-26-33-28-63-20-21-64-33/h4-11,13,15,22-24,33,48-49H,12,14,16-21,25-28H2,1-3H3,(H,51,57). The van der Waals surface area contributed by atoms with E-state index in [0.29, 0.717) is 54.4 Å². The highest BCUT2D eigenvalue weighted by Crippen LogP contribution is 2.43. The number of allylic oxidation sites excluding steroid dienone is 1. The molecule has 0 spiro atoms. The third kappa shape index (κ3) is 9.13. The minimum atomic E-state index is -4.66. The topological polar surface area (TPSA) is 199 Å². The number of aromatic nitrogens is 4. The molecule has 2 aliphatic heterocycles. The number of H-pyrrole nitrogens is 1. The molecular weight excluding hydrogens is 874 g/mol. The van der Waals surface area contributed by atoms with Crippen molar-refractivity contribution < 1.29 is 27.6 Å². The van der Waals surface area contributed by atoms with Gasteiger partial charge in [-0.3, -0.25) is 24.6 Å². The van der Waals surface area contributed by atoms with Gasteiger partial charge in [-0.1, -0.05) is 43.2 Å². The fraction of sp³-hybridized carbons (Fsp3) is 0.370. The first-order chi connectivity index (χ1) is 31.1. The Morgan fingerprint density at radius 1 is 1.03 bits per heavy atom. The van der Waals surface area contributed by atoms with Crippen LogP contribution in [0.3, 0.4) is 0 Å². The Balaban J connectivity index is 1.01. The van der Waals surface area contributed by atoms with Crippen LogP contribution in [0.5, 0.6) is 0 Å². The van der Waals surface area contributed by atoms with Gasteiger partial charge in [-0.05, 0) is 90.4 Å². The third-order valence-corrected chi connectivity index (χ3v) is 14.2. The van der Waals surface area contributed by atoms with Crippen LogP contribution in [0.2, 0.25) is 5.02 Å². The Bertz CT molecular complexity index is 3020. The van der Waals surface area contributed by atoms with Crippen LogP contribution < -0.4 is 20.5 Å². The number of pyridine rings is 1.